The average Bonchev–Trinajstić information content (AvgIpc) is 3.58. The summed E-state index contributed by atoms with van der Waals surface area (Å²) in [6, 6.07) is 24.5. The third-order valence-corrected chi connectivity index (χ3v) is 12.7. The van der Waals surface area contributed by atoms with E-state index in [0.717, 1.165) is 55.8 Å². The van der Waals surface area contributed by atoms with Crippen LogP contribution in [0.25, 0.3) is 38.8 Å². The van der Waals surface area contributed by atoms with Gasteiger partial charge in [-0.3, -0.25) is 4.98 Å². The van der Waals surface area contributed by atoms with Crippen LogP contribution in [0.3, 0.4) is 0 Å². The Kier molecular flexibility index (Phi) is 7.90. The molecule has 8 rings (SSSR count). The van der Waals surface area contributed by atoms with E-state index in [9.17, 15) is 2.74 Å². The first-order chi connectivity index (χ1) is 26.7. The van der Waals surface area contributed by atoms with Gasteiger partial charge in [0.1, 0.15) is 11.1 Å². The van der Waals surface area contributed by atoms with E-state index in [-0.39, 0.29) is 16.2 Å². The zero-order valence-electron chi connectivity index (χ0n) is 38.4. The average molecular weight is 746 g/mol. The fraction of sp³-hybridized carbons (Fsp3) is 0.423. The lowest BCUT2D eigenvalue weighted by Gasteiger charge is -2.44. The molecule has 0 radical (unpaired) electrons. The summed E-state index contributed by atoms with van der Waals surface area (Å²) >= 11 is 0. The molecule has 1 aliphatic heterocycles. The number of rotatable bonds is 3. The fourth-order valence-corrected chi connectivity index (χ4v) is 9.45. The van der Waals surface area contributed by atoms with E-state index in [1.807, 2.05) is 13.1 Å². The zero-order chi connectivity index (χ0) is 42.3. The number of nitrogens with zero attached hydrogens (tertiary/aromatic N) is 3. The van der Waals surface area contributed by atoms with E-state index in [4.69, 9.17) is 14.7 Å². The number of aryl methyl sites for hydroxylation is 3. The molecule has 290 valence electrons. The van der Waals surface area contributed by atoms with Gasteiger partial charge in [0.05, 0.1) is 16.7 Å². The molecule has 0 saturated carbocycles. The maximum Gasteiger partial charge on any atom is 0.217 e. The number of ether oxygens (including phenoxy) is 1. The minimum atomic E-state index is -1.77. The molecule has 4 nitrogen and oxygen atoms in total. The number of hydrogen-bond donors (Lipinski definition) is 0. The second-order valence-corrected chi connectivity index (χ2v) is 20.3. The third-order valence-electron chi connectivity index (χ3n) is 12.7. The van der Waals surface area contributed by atoms with Gasteiger partial charge in [0.15, 0.2) is 0 Å². The van der Waals surface area contributed by atoms with Gasteiger partial charge in [0.2, 0.25) is 5.90 Å². The van der Waals surface area contributed by atoms with Crippen LogP contribution in [0.4, 0.5) is 0 Å². The molecule has 0 amide bonds. The minimum Gasteiger partial charge on any atom is -0.468 e. The van der Waals surface area contributed by atoms with Gasteiger partial charge in [-0.25, -0.2) is 4.99 Å². The van der Waals surface area contributed by atoms with Crippen molar-refractivity contribution in [1.29, 1.82) is 0 Å². The van der Waals surface area contributed by atoms with Crippen molar-refractivity contribution in [2.24, 2.45) is 4.99 Å². The molecule has 0 unspecified atom stereocenters. The van der Waals surface area contributed by atoms with Crippen molar-refractivity contribution in [3.63, 3.8) is 0 Å². The SMILES string of the molecule is [2H]C1([2H])c2cc(C)c(C(C)(C)C)c(C)c2C[C@]2(C)OC(c3cc(-n4c5ccc(C)cc5c5cc(C)c(-c6cc(C(C)(C)C)ccn6)cc54)cc(C(C)(C)C)c3)=N[C@@]12C. The first kappa shape index (κ1) is 35.7. The molecule has 3 heterocycles. The highest BCUT2D eigenvalue weighted by molar-refractivity contribution is 6.11. The second-order valence-electron chi connectivity index (χ2n) is 20.3. The Morgan fingerprint density at radius 2 is 1.41 bits per heavy atom. The van der Waals surface area contributed by atoms with Crippen molar-refractivity contribution >= 4 is 27.7 Å². The predicted octanol–water partition coefficient (Wildman–Crippen LogP) is 13.1. The highest BCUT2D eigenvalue weighted by Crippen LogP contribution is 2.49. The quantitative estimate of drug-likeness (QED) is 0.181. The van der Waals surface area contributed by atoms with Crippen molar-refractivity contribution in [2.75, 3.05) is 0 Å². The van der Waals surface area contributed by atoms with Gasteiger partial charge in [-0.2, -0.15) is 0 Å². The van der Waals surface area contributed by atoms with Gasteiger partial charge in [-0.1, -0.05) is 80.0 Å². The van der Waals surface area contributed by atoms with Crippen LogP contribution >= 0.6 is 0 Å². The Bertz CT molecular complexity index is 2730. The number of pyridine rings is 1. The van der Waals surface area contributed by atoms with Gasteiger partial charge < -0.3 is 9.30 Å². The summed E-state index contributed by atoms with van der Waals surface area (Å²) in [5.41, 5.74) is 14.0. The highest BCUT2D eigenvalue weighted by Gasteiger charge is 2.55. The Labute approximate surface area is 338 Å². The maximum atomic E-state index is 9.85. The van der Waals surface area contributed by atoms with Crippen molar-refractivity contribution in [1.82, 2.24) is 9.55 Å². The molecule has 0 fully saturated rings. The lowest BCUT2D eigenvalue weighted by atomic mass is 9.66. The van der Waals surface area contributed by atoms with E-state index < -0.39 is 17.5 Å². The molecule has 0 N–H and O–H groups in total. The van der Waals surface area contributed by atoms with E-state index in [1.165, 1.54) is 38.6 Å². The van der Waals surface area contributed by atoms with Gasteiger partial charge >= 0.3 is 0 Å². The Morgan fingerprint density at radius 1 is 0.714 bits per heavy atom. The number of benzene rings is 4. The minimum absolute atomic E-state index is 0.00188. The summed E-state index contributed by atoms with van der Waals surface area (Å²) in [6.07, 6.45) is 0.737. The van der Waals surface area contributed by atoms with Gasteiger partial charge in [-0.05, 0) is 157 Å². The fourth-order valence-electron chi connectivity index (χ4n) is 9.45. The summed E-state index contributed by atoms with van der Waals surface area (Å²) in [7, 11) is 0. The number of hydrogen-bond acceptors (Lipinski definition) is 3. The molecule has 56 heavy (non-hydrogen) atoms. The standard InChI is InChI=1S/C52H61N3O/c1-30-16-17-44-40(20-30)41-22-31(2)39(43-26-36(18-19-53-43)48(5,6)7)27-45(41)55(44)38-24-34(23-37(25-38)49(8,9)10)47-54-51(14)28-35-21-32(3)46(50(11,12)13)33(4)42(35)29-52(51,15)56-47/h16-27H,28-29H2,1-15H3/t51-,52-/m0/s1/i28D2. The topological polar surface area (TPSA) is 39.4 Å². The Morgan fingerprint density at radius 3 is 2.09 bits per heavy atom. The van der Waals surface area contributed by atoms with E-state index in [2.05, 4.69) is 168 Å². The molecule has 2 atom stereocenters. The van der Waals surface area contributed by atoms with Crippen LogP contribution < -0.4 is 0 Å². The molecular weight excluding hydrogens is 683 g/mol. The van der Waals surface area contributed by atoms with Crippen LogP contribution in [0.15, 0.2) is 77.9 Å². The van der Waals surface area contributed by atoms with E-state index in [1.54, 1.807) is 0 Å². The molecule has 4 aromatic carbocycles. The van der Waals surface area contributed by atoms with Crippen LogP contribution in [0.5, 0.6) is 0 Å². The molecule has 0 spiro atoms. The smallest absolute Gasteiger partial charge is 0.217 e. The highest BCUT2D eigenvalue weighted by atomic mass is 16.5. The van der Waals surface area contributed by atoms with Crippen LogP contribution in [-0.2, 0) is 33.8 Å². The third kappa shape index (κ3) is 6.10. The number of aliphatic imine (C=N–C) groups is 1. The summed E-state index contributed by atoms with van der Waals surface area (Å²) in [5, 5.41) is 2.40. The summed E-state index contributed by atoms with van der Waals surface area (Å²) < 4.78 is 29.2. The maximum absolute atomic E-state index is 9.85. The van der Waals surface area contributed by atoms with Crippen LogP contribution in [0.2, 0.25) is 0 Å². The van der Waals surface area contributed by atoms with Crippen molar-refractivity contribution in [3.8, 4) is 16.9 Å². The van der Waals surface area contributed by atoms with Crippen molar-refractivity contribution in [3.05, 3.63) is 129 Å². The van der Waals surface area contributed by atoms with Crippen LogP contribution in [-0.4, -0.2) is 26.6 Å². The molecule has 1 aliphatic carbocycles. The Hall–Kier alpha value is -4.70. The molecular formula is C52H61N3O. The van der Waals surface area contributed by atoms with Crippen LogP contribution in [0.1, 0.15) is 135 Å². The van der Waals surface area contributed by atoms with E-state index >= 15 is 0 Å². The normalized spacial score (nSPS) is 21.4. The predicted molar refractivity (Wildman–Crippen MR) is 237 cm³/mol. The second kappa shape index (κ2) is 12.4. The largest absolute Gasteiger partial charge is 0.468 e. The summed E-state index contributed by atoms with van der Waals surface area (Å²) in [5.74, 6) is 0.496. The summed E-state index contributed by atoms with van der Waals surface area (Å²) in [6.45, 7) is 32.9. The first-order valence-electron chi connectivity index (χ1n) is 21.4. The van der Waals surface area contributed by atoms with Gasteiger partial charge in [0.25, 0.3) is 0 Å². The van der Waals surface area contributed by atoms with Gasteiger partial charge in [-0.15, -0.1) is 0 Å². The number of fused-ring (bicyclic) bond motifs is 5. The van der Waals surface area contributed by atoms with Crippen molar-refractivity contribution in [2.45, 2.75) is 144 Å². The molecule has 6 aromatic rings. The van der Waals surface area contributed by atoms with Gasteiger partial charge in [0, 0.05) is 49.3 Å². The lowest BCUT2D eigenvalue weighted by Crippen LogP contribution is -2.53. The monoisotopic (exact) mass is 745 g/mol. The zero-order valence-corrected chi connectivity index (χ0v) is 36.4. The molecule has 2 aliphatic rings. The first-order valence-corrected chi connectivity index (χ1v) is 20.4. The van der Waals surface area contributed by atoms with Crippen LogP contribution in [0, 0.1) is 27.7 Å². The molecule has 0 saturated heterocycles. The Balaban J connectivity index is 1.34. The van der Waals surface area contributed by atoms with E-state index in [0.29, 0.717) is 12.3 Å². The molecule has 2 aromatic heterocycles. The lowest BCUT2D eigenvalue weighted by molar-refractivity contribution is 0.0270. The molecule has 0 bridgehead atoms. The van der Waals surface area contributed by atoms with Crippen molar-refractivity contribution < 1.29 is 7.48 Å². The number of aromatic nitrogens is 2. The molecule has 4 heteroatoms. The summed E-state index contributed by atoms with van der Waals surface area (Å²) in [4.78, 5) is 10.2.